The van der Waals surface area contributed by atoms with Crippen LogP contribution in [-0.4, -0.2) is 39.0 Å². The van der Waals surface area contributed by atoms with E-state index < -0.39 is 11.8 Å². The standard InChI is InChI=1S/C15H23N3O2/c1-11-6-7-13(10-12(11)2)17-15(20)14(19)16-8-5-9-18(3)4/h6-7,10H,5,8-9H2,1-4H3,(H,16,19)(H,17,20)/p+1. The van der Waals surface area contributed by atoms with Gasteiger partial charge in [0.15, 0.2) is 0 Å². The van der Waals surface area contributed by atoms with Gasteiger partial charge in [0.25, 0.3) is 0 Å². The van der Waals surface area contributed by atoms with Crippen LogP contribution in [0.5, 0.6) is 0 Å². The largest absolute Gasteiger partial charge is 0.348 e. The number of nitrogens with one attached hydrogen (secondary N) is 3. The molecule has 0 spiro atoms. The topological polar surface area (TPSA) is 62.6 Å². The van der Waals surface area contributed by atoms with Crippen LogP contribution in [0.1, 0.15) is 17.5 Å². The molecule has 0 saturated heterocycles. The van der Waals surface area contributed by atoms with Gasteiger partial charge in [0, 0.05) is 18.7 Å². The second-order valence-electron chi connectivity index (χ2n) is 5.32. The van der Waals surface area contributed by atoms with Crippen molar-refractivity contribution in [2.24, 2.45) is 0 Å². The highest BCUT2D eigenvalue weighted by atomic mass is 16.2. The third-order valence-electron chi connectivity index (χ3n) is 3.11. The highest BCUT2D eigenvalue weighted by Crippen LogP contribution is 2.13. The van der Waals surface area contributed by atoms with E-state index in [1.807, 2.05) is 40.1 Å². The molecule has 1 aromatic carbocycles. The lowest BCUT2D eigenvalue weighted by molar-refractivity contribution is -0.858. The number of amides is 2. The first kappa shape index (κ1) is 16.2. The minimum atomic E-state index is -0.620. The fraction of sp³-hybridized carbons (Fsp3) is 0.467. The minimum Gasteiger partial charge on any atom is -0.348 e. The van der Waals surface area contributed by atoms with E-state index in [9.17, 15) is 9.59 Å². The molecule has 0 fully saturated rings. The molecule has 0 aliphatic carbocycles. The van der Waals surface area contributed by atoms with Crippen molar-refractivity contribution in [2.45, 2.75) is 20.3 Å². The second kappa shape index (κ2) is 7.65. The van der Waals surface area contributed by atoms with Gasteiger partial charge in [-0.15, -0.1) is 0 Å². The van der Waals surface area contributed by atoms with Crippen LogP contribution in [0.4, 0.5) is 5.69 Å². The number of carbonyl (C=O) groups is 2. The molecule has 0 atom stereocenters. The van der Waals surface area contributed by atoms with Gasteiger partial charge in [0.1, 0.15) is 0 Å². The van der Waals surface area contributed by atoms with E-state index in [-0.39, 0.29) is 0 Å². The van der Waals surface area contributed by atoms with Gasteiger partial charge in [-0.1, -0.05) is 6.07 Å². The van der Waals surface area contributed by atoms with E-state index in [0.29, 0.717) is 12.2 Å². The molecule has 0 bridgehead atoms. The van der Waals surface area contributed by atoms with E-state index >= 15 is 0 Å². The van der Waals surface area contributed by atoms with Crippen LogP contribution in [0.3, 0.4) is 0 Å². The van der Waals surface area contributed by atoms with Crippen molar-refractivity contribution < 1.29 is 14.5 Å². The Hall–Kier alpha value is -1.88. The summed E-state index contributed by atoms with van der Waals surface area (Å²) in [5.74, 6) is -1.21. The number of carbonyl (C=O) groups excluding carboxylic acids is 2. The maximum atomic E-state index is 11.7. The third kappa shape index (κ3) is 5.40. The van der Waals surface area contributed by atoms with Crippen molar-refractivity contribution in [3.8, 4) is 0 Å². The van der Waals surface area contributed by atoms with Crippen molar-refractivity contribution >= 4 is 17.5 Å². The average Bonchev–Trinajstić information content (AvgIpc) is 2.38. The van der Waals surface area contributed by atoms with Gasteiger partial charge in [-0.2, -0.15) is 0 Å². The highest BCUT2D eigenvalue weighted by molar-refractivity contribution is 6.39. The summed E-state index contributed by atoms with van der Waals surface area (Å²) >= 11 is 0. The highest BCUT2D eigenvalue weighted by Gasteiger charge is 2.13. The molecule has 1 aromatic rings. The Balaban J connectivity index is 2.41. The Labute approximate surface area is 120 Å². The molecule has 1 rings (SSSR count). The molecule has 3 N–H and O–H groups in total. The van der Waals surface area contributed by atoms with Gasteiger partial charge in [0.2, 0.25) is 0 Å². The van der Waals surface area contributed by atoms with E-state index in [4.69, 9.17) is 0 Å². The molecule has 5 nitrogen and oxygen atoms in total. The molecule has 20 heavy (non-hydrogen) atoms. The zero-order chi connectivity index (χ0) is 15.1. The van der Waals surface area contributed by atoms with Crippen molar-refractivity contribution in [2.75, 3.05) is 32.5 Å². The average molecular weight is 278 g/mol. The SMILES string of the molecule is Cc1ccc(NC(=O)C(=O)NCCC[NH+](C)C)cc1C. The first-order valence-electron chi connectivity index (χ1n) is 6.85. The molecular weight excluding hydrogens is 254 g/mol. The van der Waals surface area contributed by atoms with Crippen molar-refractivity contribution in [3.63, 3.8) is 0 Å². The second-order valence-corrected chi connectivity index (χ2v) is 5.32. The summed E-state index contributed by atoms with van der Waals surface area (Å²) in [6, 6.07) is 5.57. The molecule has 0 radical (unpaired) electrons. The van der Waals surface area contributed by atoms with Gasteiger partial charge < -0.3 is 15.5 Å². The van der Waals surface area contributed by atoms with E-state index in [0.717, 1.165) is 24.1 Å². The predicted octanol–water partition coefficient (Wildman–Crippen LogP) is -0.107. The molecule has 110 valence electrons. The predicted molar refractivity (Wildman–Crippen MR) is 79.9 cm³/mol. The molecule has 0 saturated carbocycles. The number of hydrogen-bond donors (Lipinski definition) is 3. The smallest absolute Gasteiger partial charge is 0.313 e. The number of anilines is 1. The molecule has 0 aromatic heterocycles. The maximum absolute atomic E-state index is 11.7. The van der Waals surface area contributed by atoms with Crippen LogP contribution in [0.25, 0.3) is 0 Å². The lowest BCUT2D eigenvalue weighted by atomic mass is 10.1. The molecule has 0 aliphatic heterocycles. The Morgan fingerprint density at radius 2 is 1.80 bits per heavy atom. The zero-order valence-electron chi connectivity index (χ0n) is 12.7. The minimum absolute atomic E-state index is 0.518. The van der Waals surface area contributed by atoms with Gasteiger partial charge in [-0.05, 0) is 37.1 Å². The van der Waals surface area contributed by atoms with Gasteiger partial charge in [0.05, 0.1) is 20.6 Å². The molecular formula is C15H24N3O2+. The summed E-state index contributed by atoms with van der Waals surface area (Å²) in [5, 5.41) is 5.22. The number of benzene rings is 1. The fourth-order valence-electron chi connectivity index (χ4n) is 1.73. The number of quaternary nitrogens is 1. The van der Waals surface area contributed by atoms with Crippen LogP contribution >= 0.6 is 0 Å². The van der Waals surface area contributed by atoms with Gasteiger partial charge >= 0.3 is 11.8 Å². The quantitative estimate of drug-likeness (QED) is 0.520. The van der Waals surface area contributed by atoms with E-state index in [1.165, 1.54) is 4.90 Å². The Kier molecular flexibility index (Phi) is 6.18. The zero-order valence-corrected chi connectivity index (χ0v) is 12.7. The lowest BCUT2D eigenvalue weighted by Gasteiger charge is -2.09. The van der Waals surface area contributed by atoms with Crippen molar-refractivity contribution in [3.05, 3.63) is 29.3 Å². The van der Waals surface area contributed by atoms with Crippen LogP contribution < -0.4 is 15.5 Å². The summed E-state index contributed by atoms with van der Waals surface area (Å²) in [5.41, 5.74) is 2.88. The molecule has 0 heterocycles. The number of aryl methyl sites for hydroxylation is 2. The van der Waals surface area contributed by atoms with Gasteiger partial charge in [-0.3, -0.25) is 9.59 Å². The molecule has 0 unspecified atom stereocenters. The monoisotopic (exact) mass is 278 g/mol. The van der Waals surface area contributed by atoms with Crippen molar-refractivity contribution in [1.82, 2.24) is 5.32 Å². The summed E-state index contributed by atoms with van der Waals surface area (Å²) in [7, 11) is 4.10. The fourth-order valence-corrected chi connectivity index (χ4v) is 1.73. The van der Waals surface area contributed by atoms with Crippen LogP contribution in [0.15, 0.2) is 18.2 Å². The van der Waals surface area contributed by atoms with Gasteiger partial charge in [-0.25, -0.2) is 0 Å². The molecule has 0 aliphatic rings. The van der Waals surface area contributed by atoms with Crippen LogP contribution in [0.2, 0.25) is 0 Å². The Morgan fingerprint density at radius 3 is 2.40 bits per heavy atom. The van der Waals surface area contributed by atoms with Crippen LogP contribution in [0, 0.1) is 13.8 Å². The van der Waals surface area contributed by atoms with Crippen LogP contribution in [-0.2, 0) is 9.59 Å². The summed E-state index contributed by atoms with van der Waals surface area (Å²) in [6.07, 6.45) is 0.852. The first-order chi connectivity index (χ1) is 9.40. The first-order valence-corrected chi connectivity index (χ1v) is 6.85. The molecule has 5 heteroatoms. The Bertz CT molecular complexity index is 484. The Morgan fingerprint density at radius 1 is 1.10 bits per heavy atom. The van der Waals surface area contributed by atoms with E-state index in [1.54, 1.807) is 6.07 Å². The summed E-state index contributed by atoms with van der Waals surface area (Å²) < 4.78 is 0. The maximum Gasteiger partial charge on any atom is 0.313 e. The number of hydrogen-bond acceptors (Lipinski definition) is 2. The normalized spacial score (nSPS) is 10.4. The summed E-state index contributed by atoms with van der Waals surface area (Å²) in [4.78, 5) is 24.6. The van der Waals surface area contributed by atoms with E-state index in [2.05, 4.69) is 10.6 Å². The molecule has 2 amide bonds. The third-order valence-corrected chi connectivity index (χ3v) is 3.11. The van der Waals surface area contributed by atoms with Crippen molar-refractivity contribution in [1.29, 1.82) is 0 Å². The summed E-state index contributed by atoms with van der Waals surface area (Å²) in [6.45, 7) is 5.44. The lowest BCUT2D eigenvalue weighted by Crippen LogP contribution is -3.05. The number of rotatable bonds is 5.